The van der Waals surface area contributed by atoms with Gasteiger partial charge in [0.2, 0.25) is 5.91 Å². The largest absolute Gasteiger partial charge is 0.338 e. The minimum Gasteiger partial charge on any atom is -0.338 e. The summed E-state index contributed by atoms with van der Waals surface area (Å²) in [6.07, 6.45) is 0.418. The van der Waals surface area contributed by atoms with E-state index in [1.54, 1.807) is 11.8 Å². The highest BCUT2D eigenvalue weighted by molar-refractivity contribution is 7.99. The number of anilines is 1. The van der Waals surface area contributed by atoms with Gasteiger partial charge in [-0.2, -0.15) is 0 Å². The summed E-state index contributed by atoms with van der Waals surface area (Å²) in [5.74, 6) is 1.41. The van der Waals surface area contributed by atoms with Gasteiger partial charge in [0.25, 0.3) is 0 Å². The van der Waals surface area contributed by atoms with Gasteiger partial charge in [-0.25, -0.2) is 4.98 Å². The first-order chi connectivity index (χ1) is 13.7. The smallest absolute Gasteiger partial charge is 0.225 e. The van der Waals surface area contributed by atoms with Crippen molar-refractivity contribution in [3.8, 4) is 11.4 Å². The van der Waals surface area contributed by atoms with Crippen molar-refractivity contribution in [3.05, 3.63) is 77.8 Å². The fourth-order valence-electron chi connectivity index (χ4n) is 2.88. The molecule has 0 aliphatic rings. The molecule has 0 aliphatic carbocycles. The lowest BCUT2D eigenvalue weighted by molar-refractivity contribution is -0.115. The molecule has 0 atom stereocenters. The quantitative estimate of drug-likeness (QED) is 0.385. The van der Waals surface area contributed by atoms with Crippen LogP contribution in [-0.4, -0.2) is 21.6 Å². The number of fused-ring (bicyclic) bond motifs is 1. The van der Waals surface area contributed by atoms with Gasteiger partial charge in [0.15, 0.2) is 0 Å². The van der Waals surface area contributed by atoms with Crippen molar-refractivity contribution >= 4 is 46.0 Å². The summed E-state index contributed by atoms with van der Waals surface area (Å²) < 4.78 is 0. The second-order valence-corrected chi connectivity index (χ2v) is 7.85. The van der Waals surface area contributed by atoms with Crippen LogP contribution in [0.25, 0.3) is 22.4 Å². The number of H-pyrrole nitrogens is 1. The third-order valence-corrected chi connectivity index (χ3v) is 5.52. The average Bonchev–Trinajstić information content (AvgIpc) is 3.14. The number of carbonyl (C=O) groups is 1. The van der Waals surface area contributed by atoms with Crippen LogP contribution in [0.4, 0.5) is 5.69 Å². The van der Waals surface area contributed by atoms with Crippen molar-refractivity contribution < 1.29 is 4.79 Å². The summed E-state index contributed by atoms with van der Waals surface area (Å²) in [7, 11) is 0. The number of para-hydroxylation sites is 3. The predicted octanol–water partition coefficient (Wildman–Crippen LogP) is 6.00. The SMILES string of the molecule is O=C(CCSc1ccc(Cl)cc1)Nc1ccccc1-c1nc2ccccc2[nH]1. The van der Waals surface area contributed by atoms with Crippen molar-refractivity contribution in [1.82, 2.24) is 9.97 Å². The van der Waals surface area contributed by atoms with Gasteiger partial charge in [0, 0.05) is 27.7 Å². The van der Waals surface area contributed by atoms with Crippen LogP contribution in [-0.2, 0) is 4.79 Å². The fourth-order valence-corrected chi connectivity index (χ4v) is 3.86. The minimum atomic E-state index is -0.0231. The van der Waals surface area contributed by atoms with Crippen molar-refractivity contribution in [2.45, 2.75) is 11.3 Å². The number of benzene rings is 3. The summed E-state index contributed by atoms with van der Waals surface area (Å²) in [5, 5.41) is 3.73. The maximum Gasteiger partial charge on any atom is 0.225 e. The molecule has 6 heteroatoms. The molecule has 3 aromatic carbocycles. The molecular weight excluding hydrogens is 390 g/mol. The van der Waals surface area contributed by atoms with E-state index in [9.17, 15) is 4.79 Å². The zero-order chi connectivity index (χ0) is 19.3. The first-order valence-electron chi connectivity index (χ1n) is 8.91. The van der Waals surface area contributed by atoms with Crippen LogP contribution in [0.15, 0.2) is 77.7 Å². The van der Waals surface area contributed by atoms with E-state index in [4.69, 9.17) is 11.6 Å². The molecule has 1 aromatic heterocycles. The minimum absolute atomic E-state index is 0.0231. The van der Waals surface area contributed by atoms with Gasteiger partial charge >= 0.3 is 0 Å². The highest BCUT2D eigenvalue weighted by Gasteiger charge is 2.12. The molecule has 1 amide bonds. The first kappa shape index (κ1) is 18.6. The Morgan fingerprint density at radius 1 is 1.00 bits per heavy atom. The molecule has 0 saturated carbocycles. The van der Waals surface area contributed by atoms with Crippen LogP contribution in [0.3, 0.4) is 0 Å². The Hall–Kier alpha value is -2.76. The third kappa shape index (κ3) is 4.38. The zero-order valence-electron chi connectivity index (χ0n) is 15.0. The Morgan fingerprint density at radius 2 is 1.75 bits per heavy atom. The van der Waals surface area contributed by atoms with Gasteiger partial charge in [0.05, 0.1) is 16.7 Å². The van der Waals surface area contributed by atoms with Crippen LogP contribution >= 0.6 is 23.4 Å². The summed E-state index contributed by atoms with van der Waals surface area (Å²) >= 11 is 7.53. The molecule has 28 heavy (non-hydrogen) atoms. The molecule has 2 N–H and O–H groups in total. The third-order valence-electron chi connectivity index (χ3n) is 4.26. The van der Waals surface area contributed by atoms with Crippen molar-refractivity contribution in [3.63, 3.8) is 0 Å². The molecule has 4 aromatic rings. The molecule has 140 valence electrons. The van der Waals surface area contributed by atoms with E-state index < -0.39 is 0 Å². The Labute approximate surface area is 172 Å². The van der Waals surface area contributed by atoms with E-state index >= 15 is 0 Å². The van der Waals surface area contributed by atoms with Gasteiger partial charge in [-0.3, -0.25) is 4.79 Å². The monoisotopic (exact) mass is 407 g/mol. The van der Waals surface area contributed by atoms with Crippen LogP contribution in [0.2, 0.25) is 5.02 Å². The van der Waals surface area contributed by atoms with Gasteiger partial charge in [-0.15, -0.1) is 11.8 Å². The van der Waals surface area contributed by atoms with E-state index in [0.717, 1.165) is 33.0 Å². The maximum atomic E-state index is 12.4. The number of nitrogens with zero attached hydrogens (tertiary/aromatic N) is 1. The molecule has 0 aliphatic heterocycles. The van der Waals surface area contributed by atoms with Crippen LogP contribution in [0.5, 0.6) is 0 Å². The number of hydrogen-bond donors (Lipinski definition) is 2. The standard InChI is InChI=1S/C22H18ClN3OS/c23-15-9-11-16(12-10-15)28-14-13-21(27)24-18-6-2-1-5-17(18)22-25-19-7-3-4-8-20(19)26-22/h1-12H,13-14H2,(H,24,27)(H,25,26). The Bertz CT molecular complexity index is 1080. The number of carbonyl (C=O) groups excluding carboxylic acids is 1. The van der Waals surface area contributed by atoms with Gasteiger partial charge in [-0.05, 0) is 48.5 Å². The van der Waals surface area contributed by atoms with Crippen molar-refractivity contribution in [2.75, 3.05) is 11.1 Å². The molecule has 0 fully saturated rings. The van der Waals surface area contributed by atoms with Crippen LogP contribution < -0.4 is 5.32 Å². The molecule has 0 bridgehead atoms. The number of rotatable bonds is 6. The number of halogens is 1. The molecule has 4 nitrogen and oxygen atoms in total. The highest BCUT2D eigenvalue weighted by Crippen LogP contribution is 2.28. The molecule has 0 saturated heterocycles. The normalized spacial score (nSPS) is 10.9. The lowest BCUT2D eigenvalue weighted by Gasteiger charge is -2.09. The maximum absolute atomic E-state index is 12.4. The summed E-state index contributed by atoms with van der Waals surface area (Å²) in [4.78, 5) is 21.5. The second-order valence-electron chi connectivity index (χ2n) is 6.25. The van der Waals surface area contributed by atoms with E-state index in [0.29, 0.717) is 17.2 Å². The Morgan fingerprint density at radius 3 is 2.57 bits per heavy atom. The lowest BCUT2D eigenvalue weighted by atomic mass is 10.1. The van der Waals surface area contributed by atoms with Crippen molar-refractivity contribution in [1.29, 1.82) is 0 Å². The van der Waals surface area contributed by atoms with E-state index in [1.807, 2.05) is 72.8 Å². The summed E-state index contributed by atoms with van der Waals surface area (Å²) in [6, 6.07) is 23.2. The number of amides is 1. The van der Waals surface area contributed by atoms with E-state index in [1.165, 1.54) is 0 Å². The number of nitrogens with one attached hydrogen (secondary N) is 2. The Kier molecular flexibility index (Phi) is 5.65. The fraction of sp³-hybridized carbons (Fsp3) is 0.0909. The molecule has 4 rings (SSSR count). The molecular formula is C22H18ClN3OS. The predicted molar refractivity (Wildman–Crippen MR) is 117 cm³/mol. The number of aromatic amines is 1. The first-order valence-corrected chi connectivity index (χ1v) is 10.3. The summed E-state index contributed by atoms with van der Waals surface area (Å²) in [5.41, 5.74) is 3.50. The molecule has 1 heterocycles. The lowest BCUT2D eigenvalue weighted by Crippen LogP contribution is -2.13. The Balaban J connectivity index is 1.43. The van der Waals surface area contributed by atoms with Crippen LogP contribution in [0.1, 0.15) is 6.42 Å². The zero-order valence-corrected chi connectivity index (χ0v) is 16.6. The topological polar surface area (TPSA) is 57.8 Å². The number of aromatic nitrogens is 2. The van der Waals surface area contributed by atoms with Gasteiger partial charge < -0.3 is 10.3 Å². The van der Waals surface area contributed by atoms with Gasteiger partial charge in [0.1, 0.15) is 5.82 Å². The average molecular weight is 408 g/mol. The second kappa shape index (κ2) is 8.50. The summed E-state index contributed by atoms with van der Waals surface area (Å²) in [6.45, 7) is 0. The number of thioether (sulfide) groups is 1. The molecule has 0 unspecified atom stereocenters. The number of hydrogen-bond acceptors (Lipinski definition) is 3. The van der Waals surface area contributed by atoms with E-state index in [2.05, 4.69) is 15.3 Å². The van der Waals surface area contributed by atoms with E-state index in [-0.39, 0.29) is 5.91 Å². The highest BCUT2D eigenvalue weighted by atomic mass is 35.5. The van der Waals surface area contributed by atoms with Crippen molar-refractivity contribution in [2.24, 2.45) is 0 Å². The molecule has 0 spiro atoms. The van der Waals surface area contributed by atoms with Crippen LogP contribution in [0, 0.1) is 0 Å². The number of imidazole rings is 1. The molecule has 0 radical (unpaired) electrons. The van der Waals surface area contributed by atoms with Gasteiger partial charge in [-0.1, -0.05) is 35.9 Å².